The first kappa shape index (κ1) is 18.0. The molecule has 0 saturated heterocycles. The second-order valence-electron chi connectivity index (χ2n) is 4.98. The van der Waals surface area contributed by atoms with E-state index in [-0.39, 0.29) is 24.2 Å². The molecule has 0 unspecified atom stereocenters. The summed E-state index contributed by atoms with van der Waals surface area (Å²) in [5, 5.41) is 15.4. The Morgan fingerprint density at radius 3 is 2.36 bits per heavy atom. The summed E-state index contributed by atoms with van der Waals surface area (Å²) < 4.78 is 26.2. The van der Waals surface area contributed by atoms with Crippen LogP contribution in [0.3, 0.4) is 0 Å². The van der Waals surface area contributed by atoms with Crippen molar-refractivity contribution in [3.8, 4) is 0 Å². The van der Waals surface area contributed by atoms with Crippen molar-refractivity contribution in [1.82, 2.24) is 5.32 Å². The molecule has 0 aliphatic rings. The van der Waals surface area contributed by atoms with E-state index >= 15 is 0 Å². The van der Waals surface area contributed by atoms with Gasteiger partial charge in [0.1, 0.15) is 11.6 Å². The number of rotatable bonds is 6. The zero-order valence-corrected chi connectivity index (χ0v) is 12.8. The highest BCUT2D eigenvalue weighted by Crippen LogP contribution is 2.15. The van der Waals surface area contributed by atoms with Crippen molar-refractivity contribution >= 4 is 23.2 Å². The molecule has 0 heterocycles. The Bertz CT molecular complexity index is 810. The van der Waals surface area contributed by atoms with Crippen molar-refractivity contribution < 1.29 is 23.3 Å². The van der Waals surface area contributed by atoms with Gasteiger partial charge in [-0.1, -0.05) is 0 Å². The van der Waals surface area contributed by atoms with Gasteiger partial charge < -0.3 is 10.6 Å². The average molecular weight is 349 g/mol. The van der Waals surface area contributed by atoms with Crippen molar-refractivity contribution in [3.05, 3.63) is 69.8 Å². The number of amides is 2. The minimum atomic E-state index is -0.993. The summed E-state index contributed by atoms with van der Waals surface area (Å²) in [5.41, 5.74) is -0.0599. The molecule has 9 heteroatoms. The third-order valence-corrected chi connectivity index (χ3v) is 3.18. The van der Waals surface area contributed by atoms with Gasteiger partial charge in [-0.15, -0.1) is 0 Å². The van der Waals surface area contributed by atoms with Gasteiger partial charge in [-0.05, 0) is 24.3 Å². The third kappa shape index (κ3) is 5.06. The molecule has 0 aromatic heterocycles. The van der Waals surface area contributed by atoms with Crippen molar-refractivity contribution in [2.75, 3.05) is 11.9 Å². The lowest BCUT2D eigenvalue weighted by Gasteiger charge is -2.07. The Labute approximate surface area is 140 Å². The summed E-state index contributed by atoms with van der Waals surface area (Å²) in [4.78, 5) is 33.5. The molecule has 2 N–H and O–H groups in total. The predicted octanol–water partition coefficient (Wildman–Crippen LogP) is 2.63. The minimum Gasteiger partial charge on any atom is -0.351 e. The molecule has 7 nitrogen and oxygen atoms in total. The maximum absolute atomic E-state index is 13.4. The molecule has 25 heavy (non-hydrogen) atoms. The van der Waals surface area contributed by atoms with Crippen LogP contribution in [0.2, 0.25) is 0 Å². The maximum atomic E-state index is 13.4. The van der Waals surface area contributed by atoms with E-state index in [0.717, 1.165) is 12.1 Å². The first-order chi connectivity index (χ1) is 11.9. The van der Waals surface area contributed by atoms with Crippen LogP contribution in [0.1, 0.15) is 16.8 Å². The van der Waals surface area contributed by atoms with Gasteiger partial charge in [0.05, 0.1) is 10.5 Å². The number of hydrogen-bond acceptors (Lipinski definition) is 4. The molecule has 2 rings (SSSR count). The summed E-state index contributed by atoms with van der Waals surface area (Å²) in [6, 6.07) is 7.81. The lowest BCUT2D eigenvalue weighted by Crippen LogP contribution is -2.28. The quantitative estimate of drug-likeness (QED) is 0.618. The molecule has 0 spiro atoms. The average Bonchev–Trinajstić information content (AvgIpc) is 2.55. The van der Waals surface area contributed by atoms with Crippen molar-refractivity contribution in [3.63, 3.8) is 0 Å². The summed E-state index contributed by atoms with van der Waals surface area (Å²) >= 11 is 0. The normalized spacial score (nSPS) is 10.2. The number of halogens is 2. The zero-order chi connectivity index (χ0) is 18.4. The van der Waals surface area contributed by atoms with Crippen molar-refractivity contribution in [1.29, 1.82) is 0 Å². The molecular weight excluding hydrogens is 336 g/mol. The summed E-state index contributed by atoms with van der Waals surface area (Å²) in [6.45, 7) is -0.0610. The fourth-order valence-corrected chi connectivity index (χ4v) is 1.95. The third-order valence-electron chi connectivity index (χ3n) is 3.18. The molecule has 0 atom stereocenters. The number of non-ortho nitro benzene ring substituents is 1. The smallest absolute Gasteiger partial charge is 0.269 e. The first-order valence-electron chi connectivity index (χ1n) is 7.14. The van der Waals surface area contributed by atoms with Gasteiger partial charge in [-0.2, -0.15) is 0 Å². The molecule has 2 amide bonds. The van der Waals surface area contributed by atoms with E-state index in [1.165, 1.54) is 24.3 Å². The maximum Gasteiger partial charge on any atom is 0.269 e. The van der Waals surface area contributed by atoms with E-state index in [1.54, 1.807) is 0 Å². The van der Waals surface area contributed by atoms with E-state index in [4.69, 9.17) is 0 Å². The number of nitrogens with zero attached hydrogens (tertiary/aromatic N) is 1. The lowest BCUT2D eigenvalue weighted by molar-refractivity contribution is -0.384. The van der Waals surface area contributed by atoms with Crippen LogP contribution < -0.4 is 10.6 Å². The van der Waals surface area contributed by atoms with Gasteiger partial charge in [0.15, 0.2) is 0 Å². The zero-order valence-electron chi connectivity index (χ0n) is 12.8. The highest BCUT2D eigenvalue weighted by molar-refractivity contribution is 5.95. The van der Waals surface area contributed by atoms with Gasteiger partial charge >= 0.3 is 0 Å². The summed E-state index contributed by atoms with van der Waals surface area (Å²) in [5.74, 6) is -2.99. The fourth-order valence-electron chi connectivity index (χ4n) is 1.95. The highest BCUT2D eigenvalue weighted by Gasteiger charge is 2.13. The van der Waals surface area contributed by atoms with Crippen LogP contribution in [0.5, 0.6) is 0 Å². The van der Waals surface area contributed by atoms with Crippen LogP contribution in [0.4, 0.5) is 20.2 Å². The Hall–Kier alpha value is -3.36. The summed E-state index contributed by atoms with van der Waals surface area (Å²) in [6.07, 6.45) is -0.0917. The molecule has 130 valence electrons. The number of benzene rings is 2. The van der Waals surface area contributed by atoms with Crippen LogP contribution in [0, 0.1) is 21.7 Å². The molecule has 0 fully saturated rings. The number of carbonyl (C=O) groups excluding carboxylic acids is 2. The Morgan fingerprint density at radius 1 is 1.08 bits per heavy atom. The van der Waals surface area contributed by atoms with Crippen LogP contribution in [-0.4, -0.2) is 23.3 Å². The molecular formula is C16H13F2N3O4. The Kier molecular flexibility index (Phi) is 5.72. The Morgan fingerprint density at radius 2 is 1.76 bits per heavy atom. The van der Waals surface area contributed by atoms with Gasteiger partial charge in [0.2, 0.25) is 5.91 Å². The Balaban J connectivity index is 1.81. The van der Waals surface area contributed by atoms with Gasteiger partial charge in [-0.3, -0.25) is 19.7 Å². The second-order valence-corrected chi connectivity index (χ2v) is 4.98. The number of nitro benzene ring substituents is 1. The van der Waals surface area contributed by atoms with Crippen LogP contribution in [0.15, 0.2) is 42.5 Å². The predicted molar refractivity (Wildman–Crippen MR) is 85.0 cm³/mol. The number of anilines is 1. The standard InChI is InChI=1S/C16H13F2N3O4/c17-10-1-6-13(14(18)9-10)16(23)19-8-7-15(22)20-11-2-4-12(5-3-11)21(24)25/h1-6,9H,7-8H2,(H,19,23)(H,20,22). The monoisotopic (exact) mass is 349 g/mol. The topological polar surface area (TPSA) is 101 Å². The van der Waals surface area contributed by atoms with E-state index in [9.17, 15) is 28.5 Å². The highest BCUT2D eigenvalue weighted by atomic mass is 19.1. The first-order valence-corrected chi connectivity index (χ1v) is 7.14. The molecule has 0 aliphatic heterocycles. The van der Waals surface area contributed by atoms with Gasteiger partial charge in [-0.25, -0.2) is 8.78 Å². The van der Waals surface area contributed by atoms with Crippen molar-refractivity contribution in [2.24, 2.45) is 0 Å². The van der Waals surface area contributed by atoms with Gasteiger partial charge in [0, 0.05) is 36.9 Å². The number of nitrogens with one attached hydrogen (secondary N) is 2. The van der Waals surface area contributed by atoms with E-state index < -0.39 is 28.4 Å². The SMILES string of the molecule is O=C(CCNC(=O)c1ccc(F)cc1F)Nc1ccc([N+](=O)[O-])cc1. The minimum absolute atomic E-state index is 0.0610. The van der Waals surface area contributed by atoms with E-state index in [1.807, 2.05) is 0 Å². The molecule has 0 radical (unpaired) electrons. The van der Waals surface area contributed by atoms with E-state index in [0.29, 0.717) is 11.8 Å². The number of carbonyl (C=O) groups is 2. The molecule has 2 aromatic rings. The van der Waals surface area contributed by atoms with Crippen molar-refractivity contribution in [2.45, 2.75) is 6.42 Å². The van der Waals surface area contributed by atoms with Crippen LogP contribution in [-0.2, 0) is 4.79 Å². The summed E-state index contributed by atoms with van der Waals surface area (Å²) in [7, 11) is 0. The number of nitro groups is 1. The van der Waals surface area contributed by atoms with E-state index in [2.05, 4.69) is 10.6 Å². The fraction of sp³-hybridized carbons (Fsp3) is 0.125. The molecule has 0 aliphatic carbocycles. The second kappa shape index (κ2) is 7.95. The van der Waals surface area contributed by atoms with Crippen LogP contribution in [0.25, 0.3) is 0 Å². The largest absolute Gasteiger partial charge is 0.351 e. The van der Waals surface area contributed by atoms with Gasteiger partial charge in [0.25, 0.3) is 11.6 Å². The lowest BCUT2D eigenvalue weighted by atomic mass is 10.2. The van der Waals surface area contributed by atoms with Crippen LogP contribution >= 0.6 is 0 Å². The molecule has 2 aromatic carbocycles. The number of hydrogen-bond donors (Lipinski definition) is 2. The molecule has 0 saturated carbocycles. The molecule has 0 bridgehead atoms.